The third kappa shape index (κ3) is 4.46. The molecule has 3 heterocycles. The summed E-state index contributed by atoms with van der Waals surface area (Å²) in [6.07, 6.45) is 7.18. The van der Waals surface area contributed by atoms with Crippen LogP contribution in [-0.2, 0) is 12.8 Å². The molecule has 1 atom stereocenters. The summed E-state index contributed by atoms with van der Waals surface area (Å²) in [5.41, 5.74) is 13.0. The van der Waals surface area contributed by atoms with E-state index in [1.54, 1.807) is 0 Å². The molecule has 0 unspecified atom stereocenters. The van der Waals surface area contributed by atoms with E-state index in [9.17, 15) is 0 Å². The van der Waals surface area contributed by atoms with Gasteiger partial charge in [0.25, 0.3) is 0 Å². The maximum atomic E-state index is 6.54. The lowest BCUT2D eigenvalue weighted by Crippen LogP contribution is -2.31. The van der Waals surface area contributed by atoms with Gasteiger partial charge in [0.05, 0.1) is 0 Å². The van der Waals surface area contributed by atoms with Crippen LogP contribution in [0.15, 0.2) is 102 Å². The first-order chi connectivity index (χ1) is 17.7. The second-order valence-electron chi connectivity index (χ2n) is 9.14. The second kappa shape index (κ2) is 9.68. The number of hydrogen-bond donors (Lipinski definition) is 3. The van der Waals surface area contributed by atoms with Gasteiger partial charge in [0, 0.05) is 65.0 Å². The summed E-state index contributed by atoms with van der Waals surface area (Å²) in [6, 6.07) is 26.9. The minimum atomic E-state index is -0.0875. The SMILES string of the molecule is N[C@H](CNc1onc(-c2ccc3cnccc3c2)c1Cc1ccccc1)Cc1c[nH]c2ccccc12. The molecular weight excluding hydrogens is 446 g/mol. The monoisotopic (exact) mass is 473 g/mol. The van der Waals surface area contributed by atoms with Crippen LogP contribution in [0.5, 0.6) is 0 Å². The van der Waals surface area contributed by atoms with Gasteiger partial charge in [-0.25, -0.2) is 0 Å². The third-order valence-corrected chi connectivity index (χ3v) is 6.61. The highest BCUT2D eigenvalue weighted by atomic mass is 16.5. The molecule has 6 nitrogen and oxygen atoms in total. The highest BCUT2D eigenvalue weighted by molar-refractivity contribution is 5.87. The molecule has 0 saturated carbocycles. The van der Waals surface area contributed by atoms with Gasteiger partial charge in [0.15, 0.2) is 0 Å². The van der Waals surface area contributed by atoms with Crippen molar-refractivity contribution >= 4 is 27.6 Å². The number of H-pyrrole nitrogens is 1. The highest BCUT2D eigenvalue weighted by Gasteiger charge is 2.19. The van der Waals surface area contributed by atoms with Crippen molar-refractivity contribution in [3.8, 4) is 11.3 Å². The zero-order valence-corrected chi connectivity index (χ0v) is 19.8. The molecular formula is C30H27N5O. The first kappa shape index (κ1) is 22.1. The molecule has 0 amide bonds. The van der Waals surface area contributed by atoms with Gasteiger partial charge in [0.1, 0.15) is 5.69 Å². The molecule has 0 aliphatic heterocycles. The number of nitrogens with zero attached hydrogens (tertiary/aromatic N) is 2. The van der Waals surface area contributed by atoms with Gasteiger partial charge in [-0.2, -0.15) is 0 Å². The standard InChI is InChI=1S/C30H27N5O/c31-25(16-24-18-33-28-9-5-4-8-26(24)28)19-34-30-27(14-20-6-2-1-3-7-20)29(35-36-30)22-10-11-23-17-32-13-12-21(23)15-22/h1-13,15,17-18,25,33-34H,14,16,19,31H2/t25-/m0/s1. The molecule has 6 rings (SSSR count). The molecule has 3 aromatic carbocycles. The predicted octanol–water partition coefficient (Wildman–Crippen LogP) is 5.94. The quantitative estimate of drug-likeness (QED) is 0.254. The maximum absolute atomic E-state index is 6.54. The Balaban J connectivity index is 1.27. The minimum absolute atomic E-state index is 0.0875. The van der Waals surface area contributed by atoms with E-state index in [0.717, 1.165) is 39.5 Å². The molecule has 6 aromatic rings. The van der Waals surface area contributed by atoms with E-state index >= 15 is 0 Å². The minimum Gasteiger partial charge on any atom is -0.361 e. The average molecular weight is 474 g/mol. The first-order valence-electron chi connectivity index (χ1n) is 12.2. The van der Waals surface area contributed by atoms with Crippen molar-refractivity contribution in [2.45, 2.75) is 18.9 Å². The van der Waals surface area contributed by atoms with Crippen LogP contribution in [0.4, 0.5) is 5.88 Å². The number of anilines is 1. The first-order valence-corrected chi connectivity index (χ1v) is 12.2. The third-order valence-electron chi connectivity index (χ3n) is 6.61. The van der Waals surface area contributed by atoms with Crippen molar-refractivity contribution in [3.63, 3.8) is 0 Å². The van der Waals surface area contributed by atoms with Gasteiger partial charge >= 0.3 is 0 Å². The topological polar surface area (TPSA) is 92.8 Å². The molecule has 0 spiro atoms. The van der Waals surface area contributed by atoms with Gasteiger partial charge in [-0.1, -0.05) is 65.8 Å². The Labute approximate surface area is 209 Å². The zero-order chi connectivity index (χ0) is 24.3. The Morgan fingerprint density at radius 1 is 0.944 bits per heavy atom. The number of rotatable bonds is 8. The molecule has 0 fully saturated rings. The molecule has 6 heteroatoms. The lowest BCUT2D eigenvalue weighted by molar-refractivity contribution is 0.432. The van der Waals surface area contributed by atoms with E-state index < -0.39 is 0 Å². The Kier molecular flexibility index (Phi) is 5.93. The molecule has 0 radical (unpaired) electrons. The lowest BCUT2D eigenvalue weighted by atomic mass is 9.99. The second-order valence-corrected chi connectivity index (χ2v) is 9.14. The summed E-state index contributed by atoms with van der Waals surface area (Å²) in [4.78, 5) is 7.55. The van der Waals surface area contributed by atoms with Crippen molar-refractivity contribution in [2.75, 3.05) is 11.9 Å². The fourth-order valence-electron chi connectivity index (χ4n) is 4.75. The Morgan fingerprint density at radius 2 is 1.81 bits per heavy atom. The largest absolute Gasteiger partial charge is 0.361 e. The summed E-state index contributed by atoms with van der Waals surface area (Å²) in [5.74, 6) is 0.665. The molecule has 0 aliphatic carbocycles. The number of fused-ring (bicyclic) bond motifs is 2. The predicted molar refractivity (Wildman–Crippen MR) is 145 cm³/mol. The van der Waals surface area contributed by atoms with Crippen LogP contribution in [0.25, 0.3) is 32.9 Å². The maximum Gasteiger partial charge on any atom is 0.228 e. The number of aromatic amines is 1. The lowest BCUT2D eigenvalue weighted by Gasteiger charge is -2.13. The number of nitrogens with two attached hydrogens (primary N) is 1. The molecule has 4 N–H and O–H groups in total. The summed E-state index contributed by atoms with van der Waals surface area (Å²) in [7, 11) is 0. The molecule has 0 aliphatic rings. The zero-order valence-electron chi connectivity index (χ0n) is 19.8. The van der Waals surface area contributed by atoms with Crippen molar-refractivity contribution < 1.29 is 4.52 Å². The van der Waals surface area contributed by atoms with Crippen molar-refractivity contribution in [1.82, 2.24) is 15.1 Å². The van der Waals surface area contributed by atoms with Crippen LogP contribution < -0.4 is 11.1 Å². The van der Waals surface area contributed by atoms with Crippen LogP contribution in [-0.4, -0.2) is 27.7 Å². The van der Waals surface area contributed by atoms with Crippen LogP contribution in [0.1, 0.15) is 16.7 Å². The summed E-state index contributed by atoms with van der Waals surface area (Å²) < 4.78 is 5.86. The van der Waals surface area contributed by atoms with E-state index in [1.807, 2.05) is 36.8 Å². The van der Waals surface area contributed by atoms with Gasteiger partial charge in [-0.05, 0) is 41.1 Å². The fourth-order valence-corrected chi connectivity index (χ4v) is 4.75. The van der Waals surface area contributed by atoms with E-state index in [1.165, 1.54) is 16.5 Å². The Bertz CT molecular complexity index is 1620. The molecule has 178 valence electrons. The van der Waals surface area contributed by atoms with Crippen molar-refractivity contribution in [2.24, 2.45) is 5.73 Å². The van der Waals surface area contributed by atoms with Gasteiger partial charge < -0.3 is 20.6 Å². The smallest absolute Gasteiger partial charge is 0.228 e. The van der Waals surface area contributed by atoms with E-state index in [2.05, 4.69) is 81.1 Å². The number of nitrogens with one attached hydrogen (secondary N) is 2. The van der Waals surface area contributed by atoms with Crippen LogP contribution in [0.2, 0.25) is 0 Å². The van der Waals surface area contributed by atoms with Crippen LogP contribution in [0, 0.1) is 0 Å². The molecule has 0 saturated heterocycles. The summed E-state index contributed by atoms with van der Waals surface area (Å²) in [5, 5.41) is 11.4. The Morgan fingerprint density at radius 3 is 2.72 bits per heavy atom. The van der Waals surface area contributed by atoms with E-state index in [0.29, 0.717) is 18.8 Å². The number of para-hydroxylation sites is 1. The normalized spacial score (nSPS) is 12.2. The van der Waals surface area contributed by atoms with Crippen LogP contribution in [0.3, 0.4) is 0 Å². The van der Waals surface area contributed by atoms with E-state index in [-0.39, 0.29) is 6.04 Å². The Hall–Kier alpha value is -4.42. The molecule has 3 aromatic heterocycles. The number of aromatic nitrogens is 3. The van der Waals surface area contributed by atoms with Gasteiger partial charge in [-0.15, -0.1) is 0 Å². The van der Waals surface area contributed by atoms with Crippen LogP contribution >= 0.6 is 0 Å². The fraction of sp³-hybridized carbons (Fsp3) is 0.133. The van der Waals surface area contributed by atoms with Crippen molar-refractivity contribution in [1.29, 1.82) is 0 Å². The number of benzene rings is 3. The number of pyridine rings is 1. The van der Waals surface area contributed by atoms with Crippen molar-refractivity contribution in [3.05, 3.63) is 114 Å². The highest BCUT2D eigenvalue weighted by Crippen LogP contribution is 2.32. The van der Waals surface area contributed by atoms with Gasteiger partial charge in [-0.3, -0.25) is 4.98 Å². The molecule has 36 heavy (non-hydrogen) atoms. The number of hydrogen-bond acceptors (Lipinski definition) is 5. The average Bonchev–Trinajstić information content (AvgIpc) is 3.52. The van der Waals surface area contributed by atoms with Gasteiger partial charge in [0.2, 0.25) is 5.88 Å². The summed E-state index contributed by atoms with van der Waals surface area (Å²) >= 11 is 0. The van der Waals surface area contributed by atoms with E-state index in [4.69, 9.17) is 10.3 Å². The summed E-state index contributed by atoms with van der Waals surface area (Å²) in [6.45, 7) is 0.569. The molecule has 0 bridgehead atoms.